The van der Waals surface area contributed by atoms with Crippen LogP contribution < -0.4 is 5.32 Å². The summed E-state index contributed by atoms with van der Waals surface area (Å²) >= 11 is 0. The van der Waals surface area contributed by atoms with Crippen molar-refractivity contribution in [2.45, 2.75) is 51.5 Å². The van der Waals surface area contributed by atoms with E-state index in [1.54, 1.807) is 0 Å². The van der Waals surface area contributed by atoms with Crippen LogP contribution in [0.25, 0.3) is 0 Å². The van der Waals surface area contributed by atoms with E-state index in [9.17, 15) is 14.7 Å². The maximum absolute atomic E-state index is 12.5. The molecule has 1 saturated heterocycles. The Morgan fingerprint density at radius 1 is 0.960 bits per heavy atom. The fourth-order valence-electron chi connectivity index (χ4n) is 4.04. The van der Waals surface area contributed by atoms with Gasteiger partial charge in [0.05, 0.1) is 11.8 Å². The smallest absolute Gasteiger partial charge is 0.307 e. The molecule has 2 unspecified atom stereocenters. The summed E-state index contributed by atoms with van der Waals surface area (Å²) in [5.41, 5.74) is 2.00. The minimum atomic E-state index is -0.850. The van der Waals surface area contributed by atoms with Gasteiger partial charge in [-0.3, -0.25) is 14.5 Å². The largest absolute Gasteiger partial charge is 0.481 e. The molecular formula is C20H28N2O3. The first kappa shape index (κ1) is 17.9. The number of likely N-dealkylation sites (tertiary alicyclic amines) is 1. The van der Waals surface area contributed by atoms with Crippen LogP contribution in [0.2, 0.25) is 0 Å². The zero-order valence-electron chi connectivity index (χ0n) is 14.7. The Labute approximate surface area is 149 Å². The van der Waals surface area contributed by atoms with Crippen LogP contribution in [0.5, 0.6) is 0 Å². The molecular weight excluding hydrogens is 316 g/mol. The SMILES string of the molecule is O=C(O)C1CCCCC1C(=O)Nc1ccc(CN2CCCCC2)cc1. The lowest BCUT2D eigenvalue weighted by molar-refractivity contribution is -0.147. The zero-order chi connectivity index (χ0) is 17.6. The Hall–Kier alpha value is -1.88. The summed E-state index contributed by atoms with van der Waals surface area (Å²) in [6.45, 7) is 3.28. The third-order valence-electron chi connectivity index (χ3n) is 5.50. The topological polar surface area (TPSA) is 69.6 Å². The van der Waals surface area contributed by atoms with Crippen molar-refractivity contribution in [1.82, 2.24) is 4.90 Å². The highest BCUT2D eigenvalue weighted by Crippen LogP contribution is 2.31. The number of carboxylic acid groups (broad SMARTS) is 1. The molecule has 0 radical (unpaired) electrons. The van der Waals surface area contributed by atoms with Gasteiger partial charge in [-0.15, -0.1) is 0 Å². The third-order valence-corrected chi connectivity index (χ3v) is 5.50. The van der Waals surface area contributed by atoms with Gasteiger partial charge in [0.15, 0.2) is 0 Å². The molecule has 3 rings (SSSR count). The minimum absolute atomic E-state index is 0.157. The molecule has 136 valence electrons. The van der Waals surface area contributed by atoms with E-state index in [-0.39, 0.29) is 5.91 Å². The van der Waals surface area contributed by atoms with E-state index in [1.807, 2.05) is 12.1 Å². The Bertz CT molecular complexity index is 593. The molecule has 1 amide bonds. The molecule has 5 nitrogen and oxygen atoms in total. The highest BCUT2D eigenvalue weighted by atomic mass is 16.4. The predicted octanol–water partition coefficient (Wildman–Crippen LogP) is 3.50. The monoisotopic (exact) mass is 344 g/mol. The van der Waals surface area contributed by atoms with Crippen LogP contribution in [0.4, 0.5) is 5.69 Å². The van der Waals surface area contributed by atoms with Crippen molar-refractivity contribution in [3.05, 3.63) is 29.8 Å². The van der Waals surface area contributed by atoms with Crippen LogP contribution in [0.1, 0.15) is 50.5 Å². The number of carbonyl (C=O) groups is 2. The Kier molecular flexibility index (Phi) is 6.08. The number of anilines is 1. The van der Waals surface area contributed by atoms with Crippen molar-refractivity contribution in [3.63, 3.8) is 0 Å². The maximum Gasteiger partial charge on any atom is 0.307 e. The summed E-state index contributed by atoms with van der Waals surface area (Å²) in [4.78, 5) is 26.3. The Morgan fingerprint density at radius 2 is 1.60 bits per heavy atom. The molecule has 2 aliphatic rings. The van der Waals surface area contributed by atoms with Gasteiger partial charge < -0.3 is 10.4 Å². The first-order valence-corrected chi connectivity index (χ1v) is 9.48. The molecule has 0 aromatic heterocycles. The average Bonchev–Trinajstić information content (AvgIpc) is 2.64. The molecule has 2 atom stereocenters. The zero-order valence-corrected chi connectivity index (χ0v) is 14.7. The summed E-state index contributed by atoms with van der Waals surface area (Å²) in [5, 5.41) is 12.2. The number of carbonyl (C=O) groups excluding carboxylic acids is 1. The molecule has 5 heteroatoms. The van der Waals surface area contributed by atoms with Gasteiger partial charge >= 0.3 is 5.97 Å². The van der Waals surface area contributed by atoms with Crippen molar-refractivity contribution >= 4 is 17.6 Å². The van der Waals surface area contributed by atoms with E-state index in [0.29, 0.717) is 12.8 Å². The van der Waals surface area contributed by atoms with E-state index in [1.165, 1.54) is 24.8 Å². The highest BCUT2D eigenvalue weighted by Gasteiger charge is 2.35. The highest BCUT2D eigenvalue weighted by molar-refractivity contribution is 5.95. The third kappa shape index (κ3) is 4.82. The predicted molar refractivity (Wildman–Crippen MR) is 97.3 cm³/mol. The molecule has 1 aromatic carbocycles. The van der Waals surface area contributed by atoms with Crippen LogP contribution in [0.3, 0.4) is 0 Å². The average molecular weight is 344 g/mol. The first-order valence-electron chi connectivity index (χ1n) is 9.48. The summed E-state index contributed by atoms with van der Waals surface area (Å²) in [7, 11) is 0. The molecule has 0 bridgehead atoms. The Morgan fingerprint density at radius 3 is 2.24 bits per heavy atom. The van der Waals surface area contributed by atoms with Gasteiger partial charge in [0.2, 0.25) is 5.91 Å². The number of nitrogens with one attached hydrogen (secondary N) is 1. The van der Waals surface area contributed by atoms with Crippen LogP contribution >= 0.6 is 0 Å². The number of rotatable bonds is 5. The second-order valence-electron chi connectivity index (χ2n) is 7.36. The number of aliphatic carboxylic acids is 1. The molecule has 25 heavy (non-hydrogen) atoms. The quantitative estimate of drug-likeness (QED) is 0.858. The minimum Gasteiger partial charge on any atom is -0.481 e. The van der Waals surface area contributed by atoms with Crippen molar-refractivity contribution in [2.75, 3.05) is 18.4 Å². The molecule has 2 N–H and O–H groups in total. The summed E-state index contributed by atoms with van der Waals surface area (Å²) in [5.74, 6) is -1.97. The maximum atomic E-state index is 12.5. The fraction of sp³-hybridized carbons (Fsp3) is 0.600. The number of hydrogen-bond acceptors (Lipinski definition) is 3. The van der Waals surface area contributed by atoms with E-state index >= 15 is 0 Å². The van der Waals surface area contributed by atoms with Crippen molar-refractivity contribution < 1.29 is 14.7 Å². The molecule has 1 aromatic rings. The second kappa shape index (κ2) is 8.48. The molecule has 0 spiro atoms. The van der Waals surface area contributed by atoms with Gasteiger partial charge in [-0.05, 0) is 56.5 Å². The van der Waals surface area contributed by atoms with Gasteiger partial charge in [-0.2, -0.15) is 0 Å². The van der Waals surface area contributed by atoms with Gasteiger partial charge in [0, 0.05) is 12.2 Å². The molecule has 1 heterocycles. The van der Waals surface area contributed by atoms with E-state index in [0.717, 1.165) is 38.2 Å². The number of amides is 1. The number of piperidine rings is 1. The molecule has 1 aliphatic carbocycles. The van der Waals surface area contributed by atoms with Gasteiger partial charge in [0.1, 0.15) is 0 Å². The van der Waals surface area contributed by atoms with Crippen molar-refractivity contribution in [3.8, 4) is 0 Å². The molecule has 1 saturated carbocycles. The van der Waals surface area contributed by atoms with Crippen molar-refractivity contribution in [1.29, 1.82) is 0 Å². The lowest BCUT2D eigenvalue weighted by Crippen LogP contribution is -2.36. The lowest BCUT2D eigenvalue weighted by atomic mass is 9.78. The molecule has 2 fully saturated rings. The van der Waals surface area contributed by atoms with Crippen LogP contribution in [-0.2, 0) is 16.1 Å². The Balaban J connectivity index is 1.56. The standard InChI is InChI=1S/C20H28N2O3/c23-19(17-6-2-3-7-18(17)20(24)25)21-16-10-8-15(9-11-16)14-22-12-4-1-5-13-22/h8-11,17-18H,1-7,12-14H2,(H,21,23)(H,24,25). The number of hydrogen-bond donors (Lipinski definition) is 2. The van der Waals surface area contributed by atoms with E-state index < -0.39 is 17.8 Å². The van der Waals surface area contributed by atoms with Gasteiger partial charge in [-0.1, -0.05) is 31.4 Å². The second-order valence-corrected chi connectivity index (χ2v) is 7.36. The van der Waals surface area contributed by atoms with Gasteiger partial charge in [-0.25, -0.2) is 0 Å². The van der Waals surface area contributed by atoms with Crippen LogP contribution in [-0.4, -0.2) is 35.0 Å². The lowest BCUT2D eigenvalue weighted by Gasteiger charge is -2.27. The van der Waals surface area contributed by atoms with Crippen molar-refractivity contribution in [2.24, 2.45) is 11.8 Å². The number of benzene rings is 1. The fourth-order valence-corrected chi connectivity index (χ4v) is 4.04. The number of carboxylic acids is 1. The summed E-state index contributed by atoms with van der Waals surface area (Å²) in [6, 6.07) is 7.96. The van der Waals surface area contributed by atoms with Crippen LogP contribution in [0.15, 0.2) is 24.3 Å². The van der Waals surface area contributed by atoms with E-state index in [2.05, 4.69) is 22.3 Å². The summed E-state index contributed by atoms with van der Waals surface area (Å²) in [6.07, 6.45) is 6.97. The summed E-state index contributed by atoms with van der Waals surface area (Å²) < 4.78 is 0. The van der Waals surface area contributed by atoms with Gasteiger partial charge in [0.25, 0.3) is 0 Å². The number of nitrogens with zero attached hydrogens (tertiary/aromatic N) is 1. The van der Waals surface area contributed by atoms with Crippen LogP contribution in [0, 0.1) is 11.8 Å². The van der Waals surface area contributed by atoms with E-state index in [4.69, 9.17) is 0 Å². The normalized spacial score (nSPS) is 24.6. The molecule has 1 aliphatic heterocycles. The first-order chi connectivity index (χ1) is 12.1.